The molecule has 2 aromatic rings. The van der Waals surface area contributed by atoms with Crippen molar-refractivity contribution in [3.8, 4) is 5.75 Å². The maximum atomic E-state index is 11.5. The van der Waals surface area contributed by atoms with Crippen molar-refractivity contribution in [1.82, 2.24) is 4.98 Å². The molecule has 0 aliphatic rings. The Bertz CT molecular complexity index is 615. The van der Waals surface area contributed by atoms with Crippen LogP contribution in [-0.2, 0) is 4.74 Å². The standard InChI is InChI=1S/C13H13ClN2O3S/c1-3-19-12(17)11-7-20-13(16-11)15-10-6-8(18-2)4-5-9(10)14/h4-7H,3H2,1-2H3,(H,15,16). The predicted octanol–water partition coefficient (Wildman–Crippen LogP) is 3.73. The molecular formula is C13H13ClN2O3S. The van der Waals surface area contributed by atoms with E-state index < -0.39 is 5.97 Å². The van der Waals surface area contributed by atoms with Crippen LogP contribution in [0.1, 0.15) is 17.4 Å². The smallest absolute Gasteiger partial charge is 0.357 e. The topological polar surface area (TPSA) is 60.5 Å². The van der Waals surface area contributed by atoms with Gasteiger partial charge in [-0.3, -0.25) is 0 Å². The summed E-state index contributed by atoms with van der Waals surface area (Å²) in [7, 11) is 1.58. The molecule has 20 heavy (non-hydrogen) atoms. The van der Waals surface area contributed by atoms with E-state index in [1.807, 2.05) is 0 Å². The first kappa shape index (κ1) is 14.6. The van der Waals surface area contributed by atoms with Crippen molar-refractivity contribution in [2.75, 3.05) is 19.0 Å². The average Bonchev–Trinajstić information content (AvgIpc) is 2.90. The molecule has 0 atom stereocenters. The number of nitrogens with one attached hydrogen (secondary N) is 1. The maximum Gasteiger partial charge on any atom is 0.357 e. The summed E-state index contributed by atoms with van der Waals surface area (Å²) in [6.45, 7) is 2.07. The fourth-order valence-electron chi connectivity index (χ4n) is 1.47. The Balaban J connectivity index is 2.16. The molecule has 0 bridgehead atoms. The van der Waals surface area contributed by atoms with Gasteiger partial charge >= 0.3 is 5.97 Å². The van der Waals surface area contributed by atoms with Crippen molar-refractivity contribution in [2.45, 2.75) is 6.92 Å². The van der Waals surface area contributed by atoms with E-state index in [4.69, 9.17) is 21.1 Å². The predicted molar refractivity (Wildman–Crippen MR) is 79.4 cm³/mol. The van der Waals surface area contributed by atoms with Gasteiger partial charge in [0, 0.05) is 11.4 Å². The number of thiazole rings is 1. The van der Waals surface area contributed by atoms with Gasteiger partial charge in [0.1, 0.15) is 5.75 Å². The molecule has 106 valence electrons. The molecule has 1 aromatic carbocycles. The minimum atomic E-state index is -0.437. The van der Waals surface area contributed by atoms with Gasteiger partial charge in [-0.15, -0.1) is 11.3 Å². The molecule has 1 aromatic heterocycles. The van der Waals surface area contributed by atoms with E-state index in [9.17, 15) is 4.79 Å². The van der Waals surface area contributed by atoms with Crippen LogP contribution in [-0.4, -0.2) is 24.7 Å². The molecule has 2 rings (SSSR count). The molecule has 0 saturated carbocycles. The minimum Gasteiger partial charge on any atom is -0.497 e. The molecule has 0 radical (unpaired) electrons. The summed E-state index contributed by atoms with van der Waals surface area (Å²) in [5.41, 5.74) is 0.939. The normalized spacial score (nSPS) is 10.2. The number of hydrogen-bond donors (Lipinski definition) is 1. The molecule has 7 heteroatoms. The lowest BCUT2D eigenvalue weighted by Gasteiger charge is -2.07. The molecule has 0 aliphatic carbocycles. The van der Waals surface area contributed by atoms with Crippen molar-refractivity contribution in [3.05, 3.63) is 34.3 Å². The van der Waals surface area contributed by atoms with Crippen LogP contribution in [0.4, 0.5) is 10.8 Å². The molecular weight excluding hydrogens is 300 g/mol. The zero-order chi connectivity index (χ0) is 14.5. The number of ether oxygens (including phenoxy) is 2. The lowest BCUT2D eigenvalue weighted by Crippen LogP contribution is -2.05. The third kappa shape index (κ3) is 3.40. The molecule has 1 N–H and O–H groups in total. The van der Waals surface area contributed by atoms with E-state index in [1.54, 1.807) is 37.6 Å². The monoisotopic (exact) mass is 312 g/mol. The first-order valence-corrected chi connectivity index (χ1v) is 7.13. The van der Waals surface area contributed by atoms with Gasteiger partial charge in [-0.2, -0.15) is 0 Å². The fourth-order valence-corrected chi connectivity index (χ4v) is 2.33. The van der Waals surface area contributed by atoms with Crippen molar-refractivity contribution in [1.29, 1.82) is 0 Å². The highest BCUT2D eigenvalue weighted by Crippen LogP contribution is 2.30. The van der Waals surface area contributed by atoms with E-state index in [0.29, 0.717) is 28.2 Å². The van der Waals surface area contributed by atoms with Crippen molar-refractivity contribution < 1.29 is 14.3 Å². The molecule has 0 spiro atoms. The highest BCUT2D eigenvalue weighted by atomic mass is 35.5. The number of carbonyl (C=O) groups is 1. The van der Waals surface area contributed by atoms with Crippen LogP contribution in [0.15, 0.2) is 23.6 Å². The summed E-state index contributed by atoms with van der Waals surface area (Å²) in [6, 6.07) is 5.25. The summed E-state index contributed by atoms with van der Waals surface area (Å²) >= 11 is 7.39. The van der Waals surface area contributed by atoms with Crippen LogP contribution in [0.3, 0.4) is 0 Å². The van der Waals surface area contributed by atoms with Gasteiger partial charge in [-0.05, 0) is 19.1 Å². The third-order valence-electron chi connectivity index (χ3n) is 2.40. The highest BCUT2D eigenvalue weighted by Gasteiger charge is 2.12. The zero-order valence-electron chi connectivity index (χ0n) is 11.0. The van der Waals surface area contributed by atoms with Crippen LogP contribution in [0.5, 0.6) is 5.75 Å². The SMILES string of the molecule is CCOC(=O)c1csc(Nc2cc(OC)ccc2Cl)n1. The van der Waals surface area contributed by atoms with Gasteiger partial charge in [0.2, 0.25) is 0 Å². The summed E-state index contributed by atoms with van der Waals surface area (Å²) in [5.74, 6) is 0.243. The largest absolute Gasteiger partial charge is 0.497 e. The number of nitrogens with zero attached hydrogens (tertiary/aromatic N) is 1. The van der Waals surface area contributed by atoms with Crippen molar-refractivity contribution in [3.63, 3.8) is 0 Å². The van der Waals surface area contributed by atoms with Gasteiger partial charge in [0.05, 0.1) is 24.4 Å². The number of benzene rings is 1. The number of halogens is 1. The number of methoxy groups -OCH3 is 1. The number of aromatic nitrogens is 1. The third-order valence-corrected chi connectivity index (χ3v) is 3.49. The van der Waals surface area contributed by atoms with E-state index in [0.717, 1.165) is 0 Å². The zero-order valence-corrected chi connectivity index (χ0v) is 12.5. The molecule has 0 amide bonds. The van der Waals surface area contributed by atoms with Crippen LogP contribution in [0.2, 0.25) is 5.02 Å². The number of carbonyl (C=O) groups excluding carboxylic acids is 1. The first-order valence-electron chi connectivity index (χ1n) is 5.87. The summed E-state index contributed by atoms with van der Waals surface area (Å²) in [6.07, 6.45) is 0. The quantitative estimate of drug-likeness (QED) is 0.852. The second-order valence-corrected chi connectivity index (χ2v) is 4.99. The van der Waals surface area contributed by atoms with Crippen LogP contribution < -0.4 is 10.1 Å². The Kier molecular flexibility index (Phi) is 4.81. The Hall–Kier alpha value is -1.79. The second-order valence-electron chi connectivity index (χ2n) is 3.73. The molecule has 0 aliphatic heterocycles. The van der Waals surface area contributed by atoms with Gasteiger partial charge < -0.3 is 14.8 Å². The van der Waals surface area contributed by atoms with Crippen LogP contribution in [0.25, 0.3) is 0 Å². The van der Waals surface area contributed by atoms with Gasteiger partial charge in [-0.25, -0.2) is 9.78 Å². The minimum absolute atomic E-state index is 0.276. The number of hydrogen-bond acceptors (Lipinski definition) is 6. The maximum absolute atomic E-state index is 11.5. The van der Waals surface area contributed by atoms with Crippen LogP contribution in [0, 0.1) is 0 Å². The van der Waals surface area contributed by atoms with Crippen molar-refractivity contribution >= 4 is 39.7 Å². The average molecular weight is 313 g/mol. The fraction of sp³-hybridized carbons (Fsp3) is 0.231. The Morgan fingerprint density at radius 2 is 2.30 bits per heavy atom. The van der Waals surface area contributed by atoms with E-state index >= 15 is 0 Å². The van der Waals surface area contributed by atoms with Gasteiger partial charge in [-0.1, -0.05) is 11.6 Å². The molecule has 5 nitrogen and oxygen atoms in total. The van der Waals surface area contributed by atoms with E-state index in [1.165, 1.54) is 11.3 Å². The Morgan fingerprint density at radius 3 is 3.00 bits per heavy atom. The molecule has 1 heterocycles. The highest BCUT2D eigenvalue weighted by molar-refractivity contribution is 7.14. The lowest BCUT2D eigenvalue weighted by molar-refractivity contribution is 0.0520. The lowest BCUT2D eigenvalue weighted by atomic mass is 10.3. The summed E-state index contributed by atoms with van der Waals surface area (Å²) in [5, 5.41) is 5.78. The number of rotatable bonds is 5. The molecule has 0 unspecified atom stereocenters. The molecule has 0 saturated heterocycles. The van der Waals surface area contributed by atoms with E-state index in [2.05, 4.69) is 10.3 Å². The number of anilines is 2. The molecule has 0 fully saturated rings. The Labute approximate surface area is 125 Å². The summed E-state index contributed by atoms with van der Waals surface area (Å²) < 4.78 is 10.0. The van der Waals surface area contributed by atoms with Crippen LogP contribution >= 0.6 is 22.9 Å². The van der Waals surface area contributed by atoms with Gasteiger partial charge in [0.15, 0.2) is 10.8 Å². The Morgan fingerprint density at radius 1 is 1.50 bits per heavy atom. The van der Waals surface area contributed by atoms with Crippen molar-refractivity contribution in [2.24, 2.45) is 0 Å². The number of esters is 1. The second kappa shape index (κ2) is 6.58. The van der Waals surface area contributed by atoms with Gasteiger partial charge in [0.25, 0.3) is 0 Å². The first-order chi connectivity index (χ1) is 9.63. The van der Waals surface area contributed by atoms with E-state index in [-0.39, 0.29) is 5.69 Å². The summed E-state index contributed by atoms with van der Waals surface area (Å²) in [4.78, 5) is 15.7.